The minimum absolute atomic E-state index is 0.0434. The number of hydrogen-bond acceptors (Lipinski definition) is 3. The number of alkyl halides is 2. The number of rotatable bonds is 3. The molecular formula is C16H24F2N2O3. The Hall–Kier alpha value is -1.24. The van der Waals surface area contributed by atoms with Gasteiger partial charge in [0, 0.05) is 19.0 Å². The molecule has 2 amide bonds. The van der Waals surface area contributed by atoms with E-state index >= 15 is 0 Å². The van der Waals surface area contributed by atoms with Crippen molar-refractivity contribution in [3.63, 3.8) is 0 Å². The number of ether oxygens (including phenoxy) is 1. The van der Waals surface area contributed by atoms with E-state index in [-0.39, 0.29) is 30.9 Å². The Morgan fingerprint density at radius 3 is 2.43 bits per heavy atom. The molecule has 3 rings (SSSR count). The van der Waals surface area contributed by atoms with Gasteiger partial charge < -0.3 is 14.5 Å². The van der Waals surface area contributed by atoms with Crippen LogP contribution in [0.3, 0.4) is 0 Å². The molecule has 1 aliphatic carbocycles. The lowest BCUT2D eigenvalue weighted by Crippen LogP contribution is -2.54. The Bertz CT molecular complexity index is 455. The maximum atomic E-state index is 12.8. The molecule has 0 aromatic rings. The highest BCUT2D eigenvalue weighted by atomic mass is 19.3. The van der Waals surface area contributed by atoms with Crippen LogP contribution in [0.15, 0.2) is 0 Å². The maximum Gasteiger partial charge on any atom is 0.266 e. The summed E-state index contributed by atoms with van der Waals surface area (Å²) < 4.78 is 30.6. The van der Waals surface area contributed by atoms with E-state index in [1.54, 1.807) is 4.90 Å². The average Bonchev–Trinajstić information content (AvgIpc) is 3.25. The summed E-state index contributed by atoms with van der Waals surface area (Å²) in [6, 6.07) is -0.473. The lowest BCUT2D eigenvalue weighted by molar-refractivity contribution is -0.155. The zero-order valence-corrected chi connectivity index (χ0v) is 13.3. The monoisotopic (exact) mass is 330 g/mol. The molecular weight excluding hydrogens is 306 g/mol. The molecule has 1 saturated carbocycles. The van der Waals surface area contributed by atoms with Gasteiger partial charge in [-0.3, -0.25) is 9.59 Å². The van der Waals surface area contributed by atoms with Crippen LogP contribution in [0, 0.1) is 5.92 Å². The summed E-state index contributed by atoms with van der Waals surface area (Å²) in [6.07, 6.45) is 1.58. The van der Waals surface area contributed by atoms with Crippen LogP contribution in [-0.4, -0.2) is 66.4 Å². The van der Waals surface area contributed by atoms with Crippen LogP contribution < -0.4 is 0 Å². The van der Waals surface area contributed by atoms with Gasteiger partial charge in [-0.1, -0.05) is 12.8 Å². The van der Waals surface area contributed by atoms with E-state index in [0.29, 0.717) is 19.5 Å². The molecule has 2 saturated heterocycles. The molecule has 0 aromatic heterocycles. The molecule has 0 bridgehead atoms. The molecule has 0 N–H and O–H groups in total. The Balaban J connectivity index is 1.64. The molecule has 0 aromatic carbocycles. The van der Waals surface area contributed by atoms with Crippen molar-refractivity contribution in [1.82, 2.24) is 9.80 Å². The summed E-state index contributed by atoms with van der Waals surface area (Å²) in [5.41, 5.74) is 0. The predicted octanol–water partition coefficient (Wildman–Crippen LogP) is 1.66. The number of carbonyl (C=O) groups is 2. The molecule has 3 aliphatic rings. The van der Waals surface area contributed by atoms with Crippen LogP contribution in [0.4, 0.5) is 8.78 Å². The highest BCUT2D eigenvalue weighted by Crippen LogP contribution is 2.30. The molecule has 7 heteroatoms. The number of likely N-dealkylation sites (tertiary alicyclic amines) is 1. The Morgan fingerprint density at radius 1 is 1.00 bits per heavy atom. The molecule has 2 heterocycles. The van der Waals surface area contributed by atoms with E-state index < -0.39 is 18.6 Å². The third-order valence-corrected chi connectivity index (χ3v) is 5.21. The average molecular weight is 330 g/mol. The zero-order chi connectivity index (χ0) is 16.4. The van der Waals surface area contributed by atoms with Crippen molar-refractivity contribution in [2.75, 3.05) is 26.2 Å². The van der Waals surface area contributed by atoms with Gasteiger partial charge in [0.05, 0.1) is 13.2 Å². The van der Waals surface area contributed by atoms with Crippen molar-refractivity contribution in [3.8, 4) is 0 Å². The van der Waals surface area contributed by atoms with Gasteiger partial charge >= 0.3 is 0 Å². The first-order valence-corrected chi connectivity index (χ1v) is 8.57. The van der Waals surface area contributed by atoms with Gasteiger partial charge in [-0.05, 0) is 25.7 Å². The predicted molar refractivity (Wildman–Crippen MR) is 79.0 cm³/mol. The van der Waals surface area contributed by atoms with Crippen LogP contribution in [0.1, 0.15) is 38.5 Å². The minimum atomic E-state index is -2.59. The summed E-state index contributed by atoms with van der Waals surface area (Å²) in [7, 11) is 0. The van der Waals surface area contributed by atoms with Gasteiger partial charge in [0.25, 0.3) is 6.43 Å². The van der Waals surface area contributed by atoms with E-state index in [1.807, 2.05) is 0 Å². The Kier molecular flexibility index (Phi) is 5.14. The van der Waals surface area contributed by atoms with Gasteiger partial charge in [-0.25, -0.2) is 8.78 Å². The van der Waals surface area contributed by atoms with E-state index in [0.717, 1.165) is 32.1 Å². The van der Waals surface area contributed by atoms with Crippen LogP contribution in [0.5, 0.6) is 0 Å². The first-order valence-electron chi connectivity index (χ1n) is 8.57. The van der Waals surface area contributed by atoms with Crippen molar-refractivity contribution in [3.05, 3.63) is 0 Å². The van der Waals surface area contributed by atoms with Gasteiger partial charge in [0.1, 0.15) is 12.1 Å². The lowest BCUT2D eigenvalue weighted by atomic mass is 10.1. The van der Waals surface area contributed by atoms with Crippen LogP contribution >= 0.6 is 0 Å². The lowest BCUT2D eigenvalue weighted by Gasteiger charge is -2.36. The van der Waals surface area contributed by atoms with E-state index in [2.05, 4.69) is 0 Å². The fourth-order valence-electron chi connectivity index (χ4n) is 3.93. The Labute approximate surface area is 134 Å². The van der Waals surface area contributed by atoms with E-state index in [9.17, 15) is 18.4 Å². The third kappa shape index (κ3) is 3.49. The van der Waals surface area contributed by atoms with Crippen LogP contribution in [0.2, 0.25) is 0 Å². The normalized spacial score (nSPS) is 29.5. The van der Waals surface area contributed by atoms with Crippen LogP contribution in [-0.2, 0) is 14.3 Å². The van der Waals surface area contributed by atoms with Gasteiger partial charge in [0.15, 0.2) is 0 Å². The number of carbonyl (C=O) groups excluding carboxylic acids is 2. The summed E-state index contributed by atoms with van der Waals surface area (Å²) in [5.74, 6) is -0.0679. The topological polar surface area (TPSA) is 49.9 Å². The van der Waals surface area contributed by atoms with Crippen molar-refractivity contribution >= 4 is 11.8 Å². The maximum absolute atomic E-state index is 12.8. The SMILES string of the molecule is O=C([C@@H]1CCCN1C(=O)C1CCCC1)N1CCO[C@@H](C(F)F)C1. The number of amides is 2. The van der Waals surface area contributed by atoms with Crippen molar-refractivity contribution in [1.29, 1.82) is 0 Å². The summed E-state index contributed by atoms with van der Waals surface area (Å²) in [5, 5.41) is 0. The van der Waals surface area contributed by atoms with E-state index in [4.69, 9.17) is 4.74 Å². The summed E-state index contributed by atoms with van der Waals surface area (Å²) >= 11 is 0. The second-order valence-corrected chi connectivity index (χ2v) is 6.70. The highest BCUT2D eigenvalue weighted by molar-refractivity contribution is 5.89. The fourth-order valence-corrected chi connectivity index (χ4v) is 3.93. The van der Waals surface area contributed by atoms with Gasteiger partial charge in [-0.2, -0.15) is 0 Å². The first kappa shape index (κ1) is 16.6. The smallest absolute Gasteiger partial charge is 0.266 e. The van der Waals surface area contributed by atoms with Crippen molar-refractivity contribution in [2.45, 2.75) is 57.1 Å². The second-order valence-electron chi connectivity index (χ2n) is 6.70. The van der Waals surface area contributed by atoms with Gasteiger partial charge in [0.2, 0.25) is 11.8 Å². The minimum Gasteiger partial charge on any atom is -0.369 e. The second kappa shape index (κ2) is 7.11. The molecule has 0 spiro atoms. The summed E-state index contributed by atoms with van der Waals surface area (Å²) in [6.45, 7) is 0.973. The van der Waals surface area contributed by atoms with E-state index in [1.165, 1.54) is 4.90 Å². The highest BCUT2D eigenvalue weighted by Gasteiger charge is 2.41. The molecule has 0 radical (unpaired) electrons. The fraction of sp³-hybridized carbons (Fsp3) is 0.875. The summed E-state index contributed by atoms with van der Waals surface area (Å²) in [4.78, 5) is 28.5. The zero-order valence-electron chi connectivity index (χ0n) is 13.3. The quantitative estimate of drug-likeness (QED) is 0.791. The van der Waals surface area contributed by atoms with Crippen molar-refractivity contribution < 1.29 is 23.1 Å². The van der Waals surface area contributed by atoms with Crippen molar-refractivity contribution in [2.24, 2.45) is 5.92 Å². The molecule has 0 unspecified atom stereocenters. The molecule has 3 fully saturated rings. The number of halogens is 2. The van der Waals surface area contributed by atoms with Crippen LogP contribution in [0.25, 0.3) is 0 Å². The van der Waals surface area contributed by atoms with Gasteiger partial charge in [-0.15, -0.1) is 0 Å². The molecule has 130 valence electrons. The molecule has 5 nitrogen and oxygen atoms in total. The molecule has 23 heavy (non-hydrogen) atoms. The number of morpholine rings is 1. The largest absolute Gasteiger partial charge is 0.369 e. The molecule has 2 atom stereocenters. The Morgan fingerprint density at radius 2 is 1.74 bits per heavy atom. The number of nitrogens with zero attached hydrogens (tertiary/aromatic N) is 2. The molecule has 2 aliphatic heterocycles. The number of hydrogen-bond donors (Lipinski definition) is 0. The first-order chi connectivity index (χ1) is 11.1. The third-order valence-electron chi connectivity index (χ3n) is 5.21. The standard InChI is InChI=1S/C16H24F2N2O3/c17-14(18)13-10-19(8-9-23-13)16(22)12-6-3-7-20(12)15(21)11-4-1-2-5-11/h11-14H,1-10H2/t12-,13+/m0/s1.